The summed E-state index contributed by atoms with van der Waals surface area (Å²) in [5.74, 6) is 0. The molecule has 0 unspecified atom stereocenters. The number of nitrogens with zero attached hydrogens (tertiary/aromatic N) is 1. The van der Waals surface area contributed by atoms with Crippen LogP contribution in [0.5, 0.6) is 0 Å². The van der Waals surface area contributed by atoms with Crippen molar-refractivity contribution in [2.45, 2.75) is 0 Å². The zero-order valence-corrected chi connectivity index (χ0v) is 8.99. The molecule has 0 atom stereocenters. The average molecular weight is 282 g/mol. The molecule has 0 N–H and O–H groups in total. The van der Waals surface area contributed by atoms with Crippen LogP contribution in [0.3, 0.4) is 0 Å². The Morgan fingerprint density at radius 3 is 2.07 bits per heavy atom. The summed E-state index contributed by atoms with van der Waals surface area (Å²) in [6, 6.07) is 6.28. The molecule has 0 aliphatic carbocycles. The van der Waals surface area contributed by atoms with Crippen LogP contribution in [-0.4, -0.2) is 17.6 Å². The van der Waals surface area contributed by atoms with Crippen LogP contribution in [0.2, 0.25) is 0 Å². The minimum atomic E-state index is -3.11. The van der Waals surface area contributed by atoms with E-state index >= 15 is 0 Å². The second-order valence-electron chi connectivity index (χ2n) is 1.94. The Bertz CT molecular complexity index is 422. The van der Waals surface area contributed by atoms with Gasteiger partial charge in [0, 0.05) is 16.6 Å². The number of nitro benzene ring substituents is 1. The fourth-order valence-electron chi connectivity index (χ4n) is 0.590. The second kappa shape index (κ2) is 6.22. The van der Waals surface area contributed by atoms with Crippen LogP contribution in [0, 0.1) is 10.1 Å². The summed E-state index contributed by atoms with van der Waals surface area (Å²) in [5.41, 5.74) is 0.106. The maximum absolute atomic E-state index is 10.1. The van der Waals surface area contributed by atoms with Gasteiger partial charge in [-0.2, -0.15) is 0 Å². The predicted octanol–water partition coefficient (Wildman–Crippen LogP) is 1.35. The zero-order chi connectivity index (χ0) is 11.1. The highest BCUT2D eigenvalue weighted by molar-refractivity contribution is 9.10. The summed E-state index contributed by atoms with van der Waals surface area (Å²) >= 11 is 3.13. The van der Waals surface area contributed by atoms with Gasteiger partial charge in [0.05, 0.1) is 4.92 Å². The molecule has 1 aromatic rings. The lowest BCUT2D eigenvalue weighted by Gasteiger charge is -1.89. The van der Waals surface area contributed by atoms with Crippen LogP contribution >= 0.6 is 15.9 Å². The molecule has 0 saturated carbocycles. The summed E-state index contributed by atoms with van der Waals surface area (Å²) in [6.45, 7) is 0. The standard InChI is InChI=1S/C6H4BrNO2.O3S/c7-5-2-1-3-6(4-5)8(9)10;1-4(2)3/h1-4H;. The minimum absolute atomic E-state index is 0.106. The van der Waals surface area contributed by atoms with Gasteiger partial charge in [-0.15, -0.1) is 12.6 Å². The first kappa shape index (κ1) is 12.7. The fraction of sp³-hybridized carbons (Fsp3) is 0. The molecule has 14 heavy (non-hydrogen) atoms. The van der Waals surface area contributed by atoms with Crippen molar-refractivity contribution in [2.24, 2.45) is 0 Å². The summed E-state index contributed by atoms with van der Waals surface area (Å²) < 4.78 is 26.1. The zero-order valence-electron chi connectivity index (χ0n) is 6.58. The number of benzene rings is 1. The molecule has 0 spiro atoms. The maximum atomic E-state index is 10.1. The van der Waals surface area contributed by atoms with Crippen LogP contribution in [0.4, 0.5) is 5.69 Å². The Kier molecular flexibility index (Phi) is 5.65. The lowest BCUT2D eigenvalue weighted by molar-refractivity contribution is -0.384. The van der Waals surface area contributed by atoms with Crippen LogP contribution in [0.25, 0.3) is 0 Å². The van der Waals surface area contributed by atoms with Crippen molar-refractivity contribution in [1.29, 1.82) is 0 Å². The monoisotopic (exact) mass is 281 g/mol. The Morgan fingerprint density at radius 1 is 1.29 bits per heavy atom. The van der Waals surface area contributed by atoms with Crippen LogP contribution in [-0.2, 0) is 10.6 Å². The molecule has 1 aromatic carbocycles. The Balaban J connectivity index is 0.000000364. The van der Waals surface area contributed by atoms with Gasteiger partial charge in [-0.05, 0) is 6.07 Å². The van der Waals surface area contributed by atoms with Crippen molar-refractivity contribution < 1.29 is 17.6 Å². The van der Waals surface area contributed by atoms with Crippen molar-refractivity contribution in [3.63, 3.8) is 0 Å². The molecule has 0 aliphatic rings. The predicted molar refractivity (Wildman–Crippen MR) is 50.5 cm³/mol. The Hall–Kier alpha value is -1.28. The molecular formula is C6H4BrNO5S. The van der Waals surface area contributed by atoms with Gasteiger partial charge in [0.25, 0.3) is 5.69 Å². The summed E-state index contributed by atoms with van der Waals surface area (Å²) in [7, 11) is -3.11. The number of rotatable bonds is 1. The molecule has 8 heteroatoms. The first-order valence-electron chi connectivity index (χ1n) is 3.10. The molecular weight excluding hydrogens is 278 g/mol. The maximum Gasteiger partial charge on any atom is 0.425 e. The van der Waals surface area contributed by atoms with E-state index < -0.39 is 15.5 Å². The molecule has 0 bridgehead atoms. The average Bonchev–Trinajstić information content (AvgIpc) is 2.03. The number of non-ortho nitro benzene ring substituents is 1. The summed E-state index contributed by atoms with van der Waals surface area (Å²) in [5, 5.41) is 10.1. The molecule has 0 aliphatic heterocycles. The molecule has 1 rings (SSSR count). The van der Waals surface area contributed by atoms with Crippen molar-refractivity contribution >= 4 is 32.2 Å². The van der Waals surface area contributed by atoms with Gasteiger partial charge < -0.3 is 0 Å². The molecule has 6 nitrogen and oxygen atoms in total. The molecule has 0 amide bonds. The van der Waals surface area contributed by atoms with Crippen molar-refractivity contribution in [3.8, 4) is 0 Å². The first-order chi connectivity index (χ1) is 6.43. The van der Waals surface area contributed by atoms with Gasteiger partial charge in [-0.3, -0.25) is 10.1 Å². The van der Waals surface area contributed by atoms with E-state index in [9.17, 15) is 10.1 Å². The first-order valence-corrected chi connectivity index (χ1v) is 4.89. The van der Waals surface area contributed by atoms with Gasteiger partial charge in [0.2, 0.25) is 0 Å². The van der Waals surface area contributed by atoms with Gasteiger partial charge in [0.1, 0.15) is 0 Å². The van der Waals surface area contributed by atoms with E-state index in [0.717, 1.165) is 4.47 Å². The topological polar surface area (TPSA) is 94.4 Å². The SMILES string of the molecule is O=S(=O)=O.O=[N+]([O-])c1cccc(Br)c1. The molecule has 76 valence electrons. The van der Waals surface area contributed by atoms with Crippen molar-refractivity contribution in [3.05, 3.63) is 38.9 Å². The van der Waals surface area contributed by atoms with Gasteiger partial charge in [-0.1, -0.05) is 22.0 Å². The van der Waals surface area contributed by atoms with E-state index in [-0.39, 0.29) is 5.69 Å². The van der Waals surface area contributed by atoms with E-state index in [1.54, 1.807) is 12.1 Å². The number of halogens is 1. The molecule has 0 saturated heterocycles. The largest absolute Gasteiger partial charge is 0.425 e. The Labute approximate surface area is 88.9 Å². The highest BCUT2D eigenvalue weighted by atomic mass is 79.9. The fourth-order valence-corrected chi connectivity index (χ4v) is 0.977. The van der Waals surface area contributed by atoms with Crippen molar-refractivity contribution in [2.75, 3.05) is 0 Å². The lowest BCUT2D eigenvalue weighted by Crippen LogP contribution is -1.85. The molecule has 0 radical (unpaired) electrons. The highest BCUT2D eigenvalue weighted by Gasteiger charge is 2.02. The van der Waals surface area contributed by atoms with E-state index in [4.69, 9.17) is 12.6 Å². The number of hydrogen-bond donors (Lipinski definition) is 0. The van der Waals surface area contributed by atoms with Crippen LogP contribution in [0.1, 0.15) is 0 Å². The normalized spacial score (nSPS) is 8.36. The van der Waals surface area contributed by atoms with Crippen molar-refractivity contribution in [1.82, 2.24) is 0 Å². The smallest absolute Gasteiger partial charge is 0.258 e. The second-order valence-corrected chi connectivity index (χ2v) is 3.27. The van der Waals surface area contributed by atoms with Crippen LogP contribution < -0.4 is 0 Å². The minimum Gasteiger partial charge on any atom is -0.258 e. The van der Waals surface area contributed by atoms with Crippen LogP contribution in [0.15, 0.2) is 28.7 Å². The van der Waals surface area contributed by atoms with E-state index in [2.05, 4.69) is 15.9 Å². The van der Waals surface area contributed by atoms with E-state index in [0.29, 0.717) is 0 Å². The summed E-state index contributed by atoms with van der Waals surface area (Å²) in [4.78, 5) is 9.71. The highest BCUT2D eigenvalue weighted by Crippen LogP contribution is 2.16. The molecule has 0 fully saturated rings. The summed E-state index contributed by atoms with van der Waals surface area (Å²) in [6.07, 6.45) is 0. The molecule has 0 heterocycles. The third-order valence-corrected chi connectivity index (χ3v) is 1.51. The van der Waals surface area contributed by atoms with E-state index in [1.807, 2.05) is 0 Å². The number of nitro groups is 1. The van der Waals surface area contributed by atoms with Gasteiger partial charge in [-0.25, -0.2) is 0 Å². The Morgan fingerprint density at radius 2 is 1.79 bits per heavy atom. The van der Waals surface area contributed by atoms with E-state index in [1.165, 1.54) is 12.1 Å². The van der Waals surface area contributed by atoms with Gasteiger partial charge in [0.15, 0.2) is 0 Å². The molecule has 0 aromatic heterocycles. The number of hydrogen-bond acceptors (Lipinski definition) is 5. The van der Waals surface area contributed by atoms with Gasteiger partial charge >= 0.3 is 10.6 Å². The third kappa shape index (κ3) is 6.26. The third-order valence-electron chi connectivity index (χ3n) is 1.02. The quantitative estimate of drug-likeness (QED) is 0.572. The lowest BCUT2D eigenvalue weighted by atomic mass is 10.3.